The molecule has 2 rings (SSSR count). The van der Waals surface area contributed by atoms with Crippen LogP contribution in [0.1, 0.15) is 6.92 Å². The summed E-state index contributed by atoms with van der Waals surface area (Å²) in [6.45, 7) is 5.65. The molecule has 1 fully saturated rings. The lowest BCUT2D eigenvalue weighted by Gasteiger charge is -2.39. The summed E-state index contributed by atoms with van der Waals surface area (Å²) in [5, 5.41) is 3.47. The van der Waals surface area contributed by atoms with Gasteiger partial charge in [0.2, 0.25) is 0 Å². The summed E-state index contributed by atoms with van der Waals surface area (Å²) in [6, 6.07) is 8.53. The lowest BCUT2D eigenvalue weighted by molar-refractivity contribution is 0.171. The van der Waals surface area contributed by atoms with Crippen LogP contribution in [0.25, 0.3) is 0 Å². The monoisotopic (exact) mass is 191 g/mol. The number of rotatable bonds is 3. The predicted molar refractivity (Wildman–Crippen MR) is 60.4 cm³/mol. The van der Waals surface area contributed by atoms with Crippen LogP contribution in [0.5, 0.6) is 0 Å². The third-order valence-corrected chi connectivity index (χ3v) is 2.69. The molecule has 1 heterocycles. The number of nitrogens with one attached hydrogen (secondary N) is 1. The van der Waals surface area contributed by atoms with Gasteiger partial charge in [0.25, 0.3) is 0 Å². The van der Waals surface area contributed by atoms with Crippen LogP contribution in [0.2, 0.25) is 0 Å². The molecule has 0 spiro atoms. The van der Waals surface area contributed by atoms with Gasteiger partial charge >= 0.3 is 0 Å². The average Bonchev–Trinajstić information content (AvgIpc) is 2.13. The number of nitrogen functional groups attached to an aromatic ring is 1. The van der Waals surface area contributed by atoms with Crippen molar-refractivity contribution >= 4 is 11.4 Å². The lowest BCUT2D eigenvalue weighted by Crippen LogP contribution is -2.54. The molecule has 14 heavy (non-hydrogen) atoms. The Morgan fingerprint density at radius 3 is 2.57 bits per heavy atom. The molecule has 1 aliphatic heterocycles. The van der Waals surface area contributed by atoms with E-state index in [9.17, 15) is 0 Å². The van der Waals surface area contributed by atoms with Gasteiger partial charge < -0.3 is 11.1 Å². The largest absolute Gasteiger partial charge is 0.399 e. The van der Waals surface area contributed by atoms with Gasteiger partial charge in [-0.1, -0.05) is 6.92 Å². The summed E-state index contributed by atoms with van der Waals surface area (Å²) < 4.78 is 0. The first-order chi connectivity index (χ1) is 6.78. The molecule has 76 valence electrons. The third-order valence-electron chi connectivity index (χ3n) is 2.69. The Kier molecular flexibility index (Phi) is 2.59. The second-order valence-electron chi connectivity index (χ2n) is 3.82. The Hall–Kier alpha value is -1.22. The van der Waals surface area contributed by atoms with Crippen LogP contribution >= 0.6 is 0 Å². The first-order valence-electron chi connectivity index (χ1n) is 5.12. The van der Waals surface area contributed by atoms with Gasteiger partial charge in [-0.25, -0.2) is 0 Å². The van der Waals surface area contributed by atoms with E-state index in [0.717, 1.165) is 25.3 Å². The molecular formula is C11H17N3. The maximum atomic E-state index is 5.61. The average molecular weight is 191 g/mol. The first-order valence-corrected chi connectivity index (χ1v) is 5.12. The number of nitrogens with zero attached hydrogens (tertiary/aromatic N) is 1. The number of anilines is 2. The maximum absolute atomic E-state index is 5.61. The van der Waals surface area contributed by atoms with E-state index in [1.54, 1.807) is 0 Å². The Morgan fingerprint density at radius 1 is 1.36 bits per heavy atom. The van der Waals surface area contributed by atoms with Gasteiger partial charge in [0, 0.05) is 24.5 Å². The summed E-state index contributed by atoms with van der Waals surface area (Å²) in [4.78, 5) is 2.41. The molecule has 0 saturated carbocycles. The second-order valence-corrected chi connectivity index (χ2v) is 3.82. The van der Waals surface area contributed by atoms with Crippen LogP contribution in [0.3, 0.4) is 0 Å². The van der Waals surface area contributed by atoms with Crippen LogP contribution in [-0.4, -0.2) is 30.6 Å². The van der Waals surface area contributed by atoms with E-state index in [-0.39, 0.29) is 0 Å². The van der Waals surface area contributed by atoms with Gasteiger partial charge in [-0.15, -0.1) is 0 Å². The van der Waals surface area contributed by atoms with Crippen LogP contribution in [0.15, 0.2) is 24.3 Å². The molecule has 0 unspecified atom stereocenters. The van der Waals surface area contributed by atoms with Crippen molar-refractivity contribution in [1.82, 2.24) is 4.90 Å². The molecule has 0 aliphatic carbocycles. The van der Waals surface area contributed by atoms with Crippen molar-refractivity contribution in [3.63, 3.8) is 0 Å². The predicted octanol–water partition coefficient (Wildman–Crippen LogP) is 1.38. The Morgan fingerprint density at radius 2 is 2.00 bits per heavy atom. The van der Waals surface area contributed by atoms with Crippen molar-refractivity contribution in [2.24, 2.45) is 0 Å². The van der Waals surface area contributed by atoms with E-state index in [2.05, 4.69) is 17.1 Å². The van der Waals surface area contributed by atoms with E-state index in [1.165, 1.54) is 5.69 Å². The van der Waals surface area contributed by atoms with Crippen molar-refractivity contribution in [3.8, 4) is 0 Å². The molecule has 3 heteroatoms. The smallest absolute Gasteiger partial charge is 0.0515 e. The van der Waals surface area contributed by atoms with Crippen molar-refractivity contribution < 1.29 is 0 Å². The minimum atomic E-state index is 0.610. The lowest BCUT2D eigenvalue weighted by atomic mass is 10.1. The minimum absolute atomic E-state index is 0.610. The number of nitrogens with two attached hydrogens (primary N) is 1. The summed E-state index contributed by atoms with van der Waals surface area (Å²) in [5.41, 5.74) is 7.60. The number of likely N-dealkylation sites (N-methyl/N-ethyl adjacent to an activating group) is 1. The Bertz CT molecular complexity index is 288. The van der Waals surface area contributed by atoms with Crippen LogP contribution < -0.4 is 11.1 Å². The highest BCUT2D eigenvalue weighted by Gasteiger charge is 2.24. The molecule has 3 N–H and O–H groups in total. The molecule has 1 aromatic carbocycles. The highest BCUT2D eigenvalue weighted by Crippen LogP contribution is 2.16. The van der Waals surface area contributed by atoms with Gasteiger partial charge in [-0.05, 0) is 30.8 Å². The quantitative estimate of drug-likeness (QED) is 0.709. The van der Waals surface area contributed by atoms with Gasteiger partial charge in [0.1, 0.15) is 0 Å². The Labute approximate surface area is 84.9 Å². The highest BCUT2D eigenvalue weighted by atomic mass is 15.2. The normalized spacial score (nSPS) is 17.8. The second kappa shape index (κ2) is 3.88. The number of hydrogen-bond acceptors (Lipinski definition) is 3. The maximum Gasteiger partial charge on any atom is 0.0515 e. The van der Waals surface area contributed by atoms with Gasteiger partial charge in [-0.3, -0.25) is 4.90 Å². The fourth-order valence-electron chi connectivity index (χ4n) is 1.73. The van der Waals surface area contributed by atoms with Crippen molar-refractivity contribution in [1.29, 1.82) is 0 Å². The summed E-state index contributed by atoms with van der Waals surface area (Å²) in [7, 11) is 0. The zero-order valence-electron chi connectivity index (χ0n) is 8.53. The minimum Gasteiger partial charge on any atom is -0.399 e. The van der Waals surface area contributed by atoms with E-state index < -0.39 is 0 Å². The number of hydrogen-bond donors (Lipinski definition) is 2. The molecule has 1 aromatic rings. The van der Waals surface area contributed by atoms with Gasteiger partial charge in [0.15, 0.2) is 0 Å². The molecule has 0 atom stereocenters. The van der Waals surface area contributed by atoms with Gasteiger partial charge in [-0.2, -0.15) is 0 Å². The standard InChI is InChI=1S/C11H17N3/c1-2-14-7-11(8-14)13-10-5-3-9(12)4-6-10/h3-6,11,13H,2,7-8,12H2,1H3. The molecule has 1 aliphatic rings. The molecule has 3 nitrogen and oxygen atoms in total. The molecular weight excluding hydrogens is 174 g/mol. The summed E-state index contributed by atoms with van der Waals surface area (Å²) in [6.07, 6.45) is 0. The van der Waals surface area contributed by atoms with Crippen molar-refractivity contribution in [2.45, 2.75) is 13.0 Å². The fraction of sp³-hybridized carbons (Fsp3) is 0.455. The molecule has 0 aromatic heterocycles. The summed E-state index contributed by atoms with van der Waals surface area (Å²) in [5.74, 6) is 0. The molecule has 0 bridgehead atoms. The Balaban J connectivity index is 1.84. The van der Waals surface area contributed by atoms with E-state index >= 15 is 0 Å². The van der Waals surface area contributed by atoms with Crippen LogP contribution in [0.4, 0.5) is 11.4 Å². The zero-order chi connectivity index (χ0) is 9.97. The van der Waals surface area contributed by atoms with Gasteiger partial charge in [0.05, 0.1) is 6.04 Å². The van der Waals surface area contributed by atoms with E-state index in [0.29, 0.717) is 6.04 Å². The van der Waals surface area contributed by atoms with E-state index in [1.807, 2.05) is 24.3 Å². The van der Waals surface area contributed by atoms with E-state index in [4.69, 9.17) is 5.73 Å². The SMILES string of the molecule is CCN1CC(Nc2ccc(N)cc2)C1. The van der Waals surface area contributed by atoms with Crippen molar-refractivity contribution in [2.75, 3.05) is 30.7 Å². The van der Waals surface area contributed by atoms with Crippen LogP contribution in [0, 0.1) is 0 Å². The highest BCUT2D eigenvalue weighted by molar-refractivity contribution is 5.51. The third kappa shape index (κ3) is 1.99. The number of likely N-dealkylation sites (tertiary alicyclic amines) is 1. The summed E-state index contributed by atoms with van der Waals surface area (Å²) >= 11 is 0. The molecule has 0 amide bonds. The molecule has 0 radical (unpaired) electrons. The number of benzene rings is 1. The topological polar surface area (TPSA) is 41.3 Å². The van der Waals surface area contributed by atoms with Crippen molar-refractivity contribution in [3.05, 3.63) is 24.3 Å². The molecule has 1 saturated heterocycles. The van der Waals surface area contributed by atoms with Crippen LogP contribution in [-0.2, 0) is 0 Å². The first kappa shape index (κ1) is 9.34. The zero-order valence-corrected chi connectivity index (χ0v) is 8.53. The fourth-order valence-corrected chi connectivity index (χ4v) is 1.73.